The van der Waals surface area contributed by atoms with E-state index in [4.69, 9.17) is 0 Å². The zero-order valence-electron chi connectivity index (χ0n) is 22.1. The Morgan fingerprint density at radius 3 is 2.67 bits per heavy atom. The number of amides is 1. The molecule has 3 atom stereocenters. The van der Waals surface area contributed by atoms with Gasteiger partial charge in [-0.1, -0.05) is 43.3 Å². The number of para-hydroxylation sites is 1. The van der Waals surface area contributed by atoms with E-state index in [1.807, 2.05) is 30.5 Å². The monoisotopic (exact) mass is 531 g/mol. The quantitative estimate of drug-likeness (QED) is 0.224. The summed E-state index contributed by atoms with van der Waals surface area (Å²) in [5.74, 6) is -1.64. The van der Waals surface area contributed by atoms with Crippen molar-refractivity contribution in [1.29, 1.82) is 0 Å². The van der Waals surface area contributed by atoms with E-state index in [1.165, 1.54) is 28.8 Å². The number of carbonyl (C=O) groups excluding carboxylic acids is 1. The highest BCUT2D eigenvalue weighted by Crippen LogP contribution is 2.31. The number of aliphatic hydroxyl groups excluding tert-OH is 1. The molecule has 1 aliphatic rings. The van der Waals surface area contributed by atoms with Crippen LogP contribution in [0, 0.1) is 11.6 Å². The van der Waals surface area contributed by atoms with Crippen LogP contribution in [0.1, 0.15) is 53.6 Å². The van der Waals surface area contributed by atoms with E-state index in [0.29, 0.717) is 5.56 Å². The van der Waals surface area contributed by atoms with Crippen molar-refractivity contribution in [2.75, 3.05) is 6.54 Å². The van der Waals surface area contributed by atoms with Crippen LogP contribution in [0.25, 0.3) is 10.9 Å². The number of rotatable bonds is 10. The molecule has 0 saturated carbocycles. The van der Waals surface area contributed by atoms with E-state index in [-0.39, 0.29) is 31.3 Å². The number of nitrogens with one attached hydrogen (secondary N) is 3. The SMILES string of the molecule is CCc1ccc2c(c1)[C@@H](NC[C@@H](O)[C@H](Cc1cc(F)cc(F)c1)NC(=O)Cc1c[nH]c3ccccc13)CCC2. The van der Waals surface area contributed by atoms with Gasteiger partial charge < -0.3 is 20.7 Å². The molecular weight excluding hydrogens is 496 g/mol. The van der Waals surface area contributed by atoms with Crippen LogP contribution in [0.15, 0.2) is 66.9 Å². The Morgan fingerprint density at radius 1 is 1.08 bits per heavy atom. The van der Waals surface area contributed by atoms with Crippen molar-refractivity contribution in [2.45, 2.75) is 63.6 Å². The standard InChI is InChI=1S/C32H35F2N3O2/c1-2-20-10-11-22-6-5-9-29(27(22)14-20)36-19-31(38)30(15-21-12-24(33)17-25(34)13-21)37-32(39)16-23-18-35-28-8-4-3-7-26(23)28/h3-4,7-8,10-14,17-18,29-31,35-36,38H,2,5-6,9,15-16,19H2,1H3,(H,37,39)/t29-,30-,31+/m0/s1. The van der Waals surface area contributed by atoms with Crippen LogP contribution in [0.2, 0.25) is 0 Å². The van der Waals surface area contributed by atoms with E-state index < -0.39 is 23.8 Å². The molecule has 204 valence electrons. The van der Waals surface area contributed by atoms with Gasteiger partial charge in [0.1, 0.15) is 11.6 Å². The first kappa shape index (κ1) is 27.0. The molecule has 1 amide bonds. The fourth-order valence-electron chi connectivity index (χ4n) is 5.66. The second-order valence-electron chi connectivity index (χ2n) is 10.5. The van der Waals surface area contributed by atoms with Crippen molar-refractivity contribution in [3.63, 3.8) is 0 Å². The van der Waals surface area contributed by atoms with E-state index in [1.54, 1.807) is 0 Å². The lowest BCUT2D eigenvalue weighted by molar-refractivity contribution is -0.122. The number of hydrogen-bond acceptors (Lipinski definition) is 3. The topological polar surface area (TPSA) is 77.2 Å². The van der Waals surface area contributed by atoms with Gasteiger partial charge >= 0.3 is 0 Å². The number of hydrogen-bond donors (Lipinski definition) is 4. The van der Waals surface area contributed by atoms with Gasteiger partial charge in [-0.05, 0) is 78.1 Å². The lowest BCUT2D eigenvalue weighted by atomic mass is 9.86. The first-order chi connectivity index (χ1) is 18.9. The van der Waals surface area contributed by atoms with Crippen LogP contribution in [0.5, 0.6) is 0 Å². The molecule has 4 N–H and O–H groups in total. The number of aryl methyl sites for hydroxylation is 2. The van der Waals surface area contributed by atoms with Crippen LogP contribution in [-0.2, 0) is 30.5 Å². The van der Waals surface area contributed by atoms with E-state index in [0.717, 1.165) is 48.2 Å². The smallest absolute Gasteiger partial charge is 0.224 e. The molecule has 1 heterocycles. The average molecular weight is 532 g/mol. The molecule has 0 radical (unpaired) electrons. The molecule has 3 aromatic carbocycles. The Kier molecular flexibility index (Phi) is 8.38. The van der Waals surface area contributed by atoms with Crippen molar-refractivity contribution in [2.24, 2.45) is 0 Å². The maximum atomic E-state index is 13.9. The maximum Gasteiger partial charge on any atom is 0.224 e. The first-order valence-corrected chi connectivity index (χ1v) is 13.7. The van der Waals surface area contributed by atoms with Crippen molar-refractivity contribution in [3.8, 4) is 0 Å². The number of H-pyrrole nitrogens is 1. The summed E-state index contributed by atoms with van der Waals surface area (Å²) >= 11 is 0. The van der Waals surface area contributed by atoms with E-state index in [9.17, 15) is 18.7 Å². The summed E-state index contributed by atoms with van der Waals surface area (Å²) in [6.45, 7) is 2.37. The molecule has 5 nitrogen and oxygen atoms in total. The zero-order valence-corrected chi connectivity index (χ0v) is 22.1. The van der Waals surface area contributed by atoms with Gasteiger partial charge in [0.25, 0.3) is 0 Å². The molecule has 0 spiro atoms. The van der Waals surface area contributed by atoms with Crippen molar-refractivity contribution >= 4 is 16.8 Å². The van der Waals surface area contributed by atoms with Crippen molar-refractivity contribution in [3.05, 3.63) is 106 Å². The number of carbonyl (C=O) groups is 1. The largest absolute Gasteiger partial charge is 0.390 e. The highest BCUT2D eigenvalue weighted by molar-refractivity contribution is 5.89. The predicted octanol–water partition coefficient (Wildman–Crippen LogP) is 5.31. The number of benzene rings is 3. The summed E-state index contributed by atoms with van der Waals surface area (Å²) in [5, 5.41) is 18.7. The predicted molar refractivity (Wildman–Crippen MR) is 150 cm³/mol. The Balaban J connectivity index is 1.31. The van der Waals surface area contributed by atoms with Gasteiger partial charge in [-0.2, -0.15) is 0 Å². The number of aliphatic hydroxyl groups is 1. The summed E-state index contributed by atoms with van der Waals surface area (Å²) < 4.78 is 27.9. The molecular formula is C32H35F2N3O2. The lowest BCUT2D eigenvalue weighted by Crippen LogP contribution is -2.49. The Hall–Kier alpha value is -3.55. The maximum absolute atomic E-state index is 13.9. The van der Waals surface area contributed by atoms with Crippen LogP contribution >= 0.6 is 0 Å². The molecule has 1 aliphatic carbocycles. The molecule has 0 bridgehead atoms. The van der Waals surface area contributed by atoms with Gasteiger partial charge in [0.2, 0.25) is 5.91 Å². The number of aromatic nitrogens is 1. The van der Waals surface area contributed by atoms with Gasteiger partial charge in [-0.15, -0.1) is 0 Å². The van der Waals surface area contributed by atoms with E-state index >= 15 is 0 Å². The minimum absolute atomic E-state index is 0.0956. The summed E-state index contributed by atoms with van der Waals surface area (Å²) in [5.41, 5.74) is 6.02. The second-order valence-corrected chi connectivity index (χ2v) is 10.5. The summed E-state index contributed by atoms with van der Waals surface area (Å²) in [7, 11) is 0. The Labute approximate surface area is 227 Å². The molecule has 0 saturated heterocycles. The van der Waals surface area contributed by atoms with Crippen molar-refractivity contribution in [1.82, 2.24) is 15.6 Å². The highest BCUT2D eigenvalue weighted by atomic mass is 19.1. The molecule has 7 heteroatoms. The molecule has 0 fully saturated rings. The normalized spacial score (nSPS) is 16.6. The second kappa shape index (κ2) is 12.1. The van der Waals surface area contributed by atoms with E-state index in [2.05, 4.69) is 40.7 Å². The van der Waals surface area contributed by atoms with Gasteiger partial charge in [-0.3, -0.25) is 4.79 Å². The molecule has 1 aromatic heterocycles. The molecule has 39 heavy (non-hydrogen) atoms. The Morgan fingerprint density at radius 2 is 1.87 bits per heavy atom. The van der Waals surface area contributed by atoms with Gasteiger partial charge in [-0.25, -0.2) is 8.78 Å². The summed E-state index contributed by atoms with van der Waals surface area (Å²) in [6.07, 6.45) is 5.06. The average Bonchev–Trinajstić information content (AvgIpc) is 3.33. The van der Waals surface area contributed by atoms with Crippen LogP contribution in [0.3, 0.4) is 0 Å². The minimum atomic E-state index is -0.969. The lowest BCUT2D eigenvalue weighted by Gasteiger charge is -2.30. The fraction of sp³-hybridized carbons (Fsp3) is 0.344. The third kappa shape index (κ3) is 6.54. The number of fused-ring (bicyclic) bond motifs is 2. The molecule has 0 aliphatic heterocycles. The summed E-state index contributed by atoms with van der Waals surface area (Å²) in [6, 6.07) is 17.0. The Bertz CT molecular complexity index is 1430. The summed E-state index contributed by atoms with van der Waals surface area (Å²) in [4.78, 5) is 16.3. The van der Waals surface area contributed by atoms with Crippen LogP contribution < -0.4 is 10.6 Å². The minimum Gasteiger partial charge on any atom is -0.390 e. The zero-order chi connectivity index (χ0) is 27.4. The fourth-order valence-corrected chi connectivity index (χ4v) is 5.66. The number of aromatic amines is 1. The third-order valence-corrected chi connectivity index (χ3v) is 7.72. The molecule has 5 rings (SSSR count). The number of halogens is 2. The van der Waals surface area contributed by atoms with Crippen molar-refractivity contribution < 1.29 is 18.7 Å². The van der Waals surface area contributed by atoms with Crippen LogP contribution in [0.4, 0.5) is 8.78 Å². The van der Waals surface area contributed by atoms with Crippen LogP contribution in [-0.4, -0.2) is 34.7 Å². The van der Waals surface area contributed by atoms with Gasteiger partial charge in [0.15, 0.2) is 0 Å². The highest BCUT2D eigenvalue weighted by Gasteiger charge is 2.26. The van der Waals surface area contributed by atoms with Gasteiger partial charge in [0.05, 0.1) is 18.6 Å². The molecule has 4 aromatic rings. The van der Waals surface area contributed by atoms with Gasteiger partial charge in [0, 0.05) is 35.8 Å². The third-order valence-electron chi connectivity index (χ3n) is 7.72. The molecule has 0 unspecified atom stereocenters. The first-order valence-electron chi connectivity index (χ1n) is 13.7.